The molecule has 132 valence electrons. The van der Waals surface area contributed by atoms with Crippen molar-refractivity contribution in [3.8, 4) is 11.5 Å². The molecular formula is C17H18N2O5S. The fourth-order valence-corrected chi connectivity index (χ4v) is 3.42. The van der Waals surface area contributed by atoms with Crippen LogP contribution < -0.4 is 19.1 Å². The Hall–Kier alpha value is -2.74. The highest BCUT2D eigenvalue weighted by Gasteiger charge is 2.18. The van der Waals surface area contributed by atoms with Crippen LogP contribution in [0.25, 0.3) is 0 Å². The number of fused-ring (bicyclic) bond motifs is 1. The molecule has 0 fully saturated rings. The average molecular weight is 362 g/mol. The number of ether oxygens (including phenoxy) is 2. The van der Waals surface area contributed by atoms with Crippen molar-refractivity contribution >= 4 is 21.6 Å². The standard InChI is InChI=1S/C17H18N2O5S/c1-25(21,22)19(14-5-3-2-4-6-14)10-9-18-17(20)13-7-8-15-16(11-13)24-12-23-15/h2-8,11H,9-10,12H2,1H3,(H,18,20). The molecule has 0 bridgehead atoms. The summed E-state index contributed by atoms with van der Waals surface area (Å²) >= 11 is 0. The van der Waals surface area contributed by atoms with E-state index in [1.165, 1.54) is 4.31 Å². The second-order valence-corrected chi connectivity index (χ2v) is 7.40. The van der Waals surface area contributed by atoms with Gasteiger partial charge in [-0.1, -0.05) is 18.2 Å². The van der Waals surface area contributed by atoms with E-state index >= 15 is 0 Å². The van der Waals surface area contributed by atoms with Crippen molar-refractivity contribution in [2.45, 2.75) is 0 Å². The molecule has 7 nitrogen and oxygen atoms in total. The minimum atomic E-state index is -3.44. The molecule has 25 heavy (non-hydrogen) atoms. The Labute approximate surface area is 146 Å². The zero-order chi connectivity index (χ0) is 17.9. The lowest BCUT2D eigenvalue weighted by atomic mass is 10.2. The van der Waals surface area contributed by atoms with E-state index in [-0.39, 0.29) is 25.8 Å². The maximum atomic E-state index is 12.2. The highest BCUT2D eigenvalue weighted by atomic mass is 32.2. The van der Waals surface area contributed by atoms with Crippen molar-refractivity contribution in [1.29, 1.82) is 0 Å². The molecule has 1 aliphatic heterocycles. The lowest BCUT2D eigenvalue weighted by molar-refractivity contribution is 0.0954. The lowest BCUT2D eigenvalue weighted by Crippen LogP contribution is -2.38. The number of sulfonamides is 1. The van der Waals surface area contributed by atoms with Crippen LogP contribution in [0, 0.1) is 0 Å². The summed E-state index contributed by atoms with van der Waals surface area (Å²) in [6, 6.07) is 13.7. The van der Waals surface area contributed by atoms with Crippen LogP contribution in [0.2, 0.25) is 0 Å². The predicted octanol–water partition coefficient (Wildman–Crippen LogP) is 1.61. The van der Waals surface area contributed by atoms with Gasteiger partial charge >= 0.3 is 0 Å². The van der Waals surface area contributed by atoms with Gasteiger partial charge in [-0.15, -0.1) is 0 Å². The largest absolute Gasteiger partial charge is 0.454 e. The third-order valence-electron chi connectivity index (χ3n) is 3.68. The quantitative estimate of drug-likeness (QED) is 0.844. The maximum absolute atomic E-state index is 12.2. The smallest absolute Gasteiger partial charge is 0.251 e. The third kappa shape index (κ3) is 4.03. The first-order valence-corrected chi connectivity index (χ1v) is 9.50. The Morgan fingerprint density at radius 3 is 2.56 bits per heavy atom. The fraction of sp³-hybridized carbons (Fsp3) is 0.235. The number of rotatable bonds is 6. The Kier molecular flexibility index (Phi) is 4.80. The Bertz CT molecular complexity index is 868. The molecule has 1 heterocycles. The van der Waals surface area contributed by atoms with E-state index in [2.05, 4.69) is 5.32 Å². The topological polar surface area (TPSA) is 84.9 Å². The minimum absolute atomic E-state index is 0.138. The maximum Gasteiger partial charge on any atom is 0.251 e. The lowest BCUT2D eigenvalue weighted by Gasteiger charge is -2.22. The van der Waals surface area contributed by atoms with Gasteiger partial charge in [0, 0.05) is 12.1 Å². The van der Waals surface area contributed by atoms with Crippen LogP contribution in [-0.4, -0.2) is 40.5 Å². The molecule has 2 aromatic rings. The number of amides is 1. The SMILES string of the molecule is CS(=O)(=O)N(CCNC(=O)c1ccc2c(c1)OCO2)c1ccccc1. The average Bonchev–Trinajstić information content (AvgIpc) is 3.05. The summed E-state index contributed by atoms with van der Waals surface area (Å²) < 4.78 is 35.7. The normalized spacial score (nSPS) is 12.7. The summed E-state index contributed by atoms with van der Waals surface area (Å²) in [4.78, 5) is 12.2. The highest BCUT2D eigenvalue weighted by Crippen LogP contribution is 2.32. The molecule has 0 unspecified atom stereocenters. The van der Waals surface area contributed by atoms with Gasteiger partial charge in [0.25, 0.3) is 5.91 Å². The van der Waals surface area contributed by atoms with Gasteiger partial charge in [-0.25, -0.2) is 8.42 Å². The minimum Gasteiger partial charge on any atom is -0.454 e. The first-order chi connectivity index (χ1) is 11.9. The van der Waals surface area contributed by atoms with Gasteiger partial charge in [0.15, 0.2) is 11.5 Å². The molecule has 0 radical (unpaired) electrons. The number of anilines is 1. The number of carbonyl (C=O) groups is 1. The van der Waals surface area contributed by atoms with Gasteiger partial charge in [0.1, 0.15) is 0 Å². The second-order valence-electron chi connectivity index (χ2n) is 5.49. The molecular weight excluding hydrogens is 344 g/mol. The van der Waals surface area contributed by atoms with E-state index in [0.29, 0.717) is 22.7 Å². The van der Waals surface area contributed by atoms with Gasteiger partial charge in [0.05, 0.1) is 18.5 Å². The number of carbonyl (C=O) groups excluding carboxylic acids is 1. The first kappa shape index (κ1) is 17.1. The molecule has 0 aromatic heterocycles. The van der Waals surface area contributed by atoms with Crippen molar-refractivity contribution < 1.29 is 22.7 Å². The van der Waals surface area contributed by atoms with Crippen molar-refractivity contribution in [2.75, 3.05) is 30.4 Å². The zero-order valence-corrected chi connectivity index (χ0v) is 14.5. The number of para-hydroxylation sites is 1. The van der Waals surface area contributed by atoms with Crippen molar-refractivity contribution in [2.24, 2.45) is 0 Å². The number of benzene rings is 2. The molecule has 0 saturated heterocycles. The van der Waals surface area contributed by atoms with E-state index in [0.717, 1.165) is 6.26 Å². The van der Waals surface area contributed by atoms with Gasteiger partial charge < -0.3 is 14.8 Å². The third-order valence-corrected chi connectivity index (χ3v) is 4.87. The van der Waals surface area contributed by atoms with Crippen molar-refractivity contribution in [1.82, 2.24) is 5.32 Å². The van der Waals surface area contributed by atoms with Gasteiger partial charge in [-0.2, -0.15) is 0 Å². The molecule has 8 heteroatoms. The van der Waals surface area contributed by atoms with Crippen LogP contribution >= 0.6 is 0 Å². The van der Waals surface area contributed by atoms with Crippen molar-refractivity contribution in [3.63, 3.8) is 0 Å². The van der Waals surface area contributed by atoms with Crippen LogP contribution in [0.3, 0.4) is 0 Å². The zero-order valence-electron chi connectivity index (χ0n) is 13.6. The van der Waals surface area contributed by atoms with Gasteiger partial charge in [-0.3, -0.25) is 9.10 Å². The predicted molar refractivity (Wildman–Crippen MR) is 93.5 cm³/mol. The summed E-state index contributed by atoms with van der Waals surface area (Å²) in [5, 5.41) is 2.72. The molecule has 3 rings (SSSR count). The fourth-order valence-electron chi connectivity index (χ4n) is 2.49. The first-order valence-electron chi connectivity index (χ1n) is 7.66. The van der Waals surface area contributed by atoms with E-state index < -0.39 is 10.0 Å². The van der Waals surface area contributed by atoms with Crippen LogP contribution in [0.4, 0.5) is 5.69 Å². The van der Waals surface area contributed by atoms with E-state index in [1.807, 2.05) is 6.07 Å². The highest BCUT2D eigenvalue weighted by molar-refractivity contribution is 7.92. The molecule has 1 aliphatic rings. The van der Waals surface area contributed by atoms with Gasteiger partial charge in [0.2, 0.25) is 16.8 Å². The van der Waals surface area contributed by atoms with Crippen LogP contribution in [0.15, 0.2) is 48.5 Å². The van der Waals surface area contributed by atoms with E-state index in [9.17, 15) is 13.2 Å². The van der Waals surface area contributed by atoms with E-state index in [4.69, 9.17) is 9.47 Å². The number of hydrogen-bond acceptors (Lipinski definition) is 5. The molecule has 1 N–H and O–H groups in total. The van der Waals surface area contributed by atoms with E-state index in [1.54, 1.807) is 42.5 Å². The molecule has 0 saturated carbocycles. The number of nitrogens with zero attached hydrogens (tertiary/aromatic N) is 1. The molecule has 2 aromatic carbocycles. The van der Waals surface area contributed by atoms with Crippen LogP contribution in [-0.2, 0) is 10.0 Å². The Morgan fingerprint density at radius 1 is 1.12 bits per heavy atom. The summed E-state index contributed by atoms with van der Waals surface area (Å²) in [5.74, 6) is 0.818. The molecule has 1 amide bonds. The number of nitrogens with one attached hydrogen (secondary N) is 1. The molecule has 0 atom stereocenters. The summed E-state index contributed by atoms with van der Waals surface area (Å²) in [7, 11) is -3.44. The summed E-state index contributed by atoms with van der Waals surface area (Å²) in [6.07, 6.45) is 1.14. The molecule has 0 spiro atoms. The summed E-state index contributed by atoms with van der Waals surface area (Å²) in [5.41, 5.74) is 0.984. The van der Waals surface area contributed by atoms with Crippen LogP contribution in [0.1, 0.15) is 10.4 Å². The van der Waals surface area contributed by atoms with Gasteiger partial charge in [-0.05, 0) is 30.3 Å². The number of hydrogen-bond donors (Lipinski definition) is 1. The Morgan fingerprint density at radius 2 is 1.84 bits per heavy atom. The monoisotopic (exact) mass is 362 g/mol. The van der Waals surface area contributed by atoms with Crippen LogP contribution in [0.5, 0.6) is 11.5 Å². The second kappa shape index (κ2) is 7.02. The Balaban J connectivity index is 1.63. The molecule has 0 aliphatic carbocycles. The van der Waals surface area contributed by atoms with Crippen molar-refractivity contribution in [3.05, 3.63) is 54.1 Å². The summed E-state index contributed by atoms with van der Waals surface area (Å²) in [6.45, 7) is 0.454.